The lowest BCUT2D eigenvalue weighted by Crippen LogP contribution is -2.49. The van der Waals surface area contributed by atoms with Crippen LogP contribution in [0.4, 0.5) is 0 Å². The van der Waals surface area contributed by atoms with E-state index in [4.69, 9.17) is 0 Å². The Labute approximate surface area is 119 Å². The van der Waals surface area contributed by atoms with E-state index in [0.29, 0.717) is 5.92 Å². The molecule has 2 aliphatic rings. The molecule has 0 amide bonds. The molecule has 0 bridgehead atoms. The van der Waals surface area contributed by atoms with Crippen molar-refractivity contribution in [3.63, 3.8) is 0 Å². The van der Waals surface area contributed by atoms with Crippen molar-refractivity contribution in [3.05, 3.63) is 0 Å². The van der Waals surface area contributed by atoms with E-state index in [1.54, 1.807) is 0 Å². The van der Waals surface area contributed by atoms with Crippen LogP contribution in [0.1, 0.15) is 46.0 Å². The predicted octanol–water partition coefficient (Wildman–Crippen LogP) is 2.20. The van der Waals surface area contributed by atoms with E-state index in [9.17, 15) is 5.11 Å². The molecule has 1 heterocycles. The van der Waals surface area contributed by atoms with Gasteiger partial charge in [0.25, 0.3) is 0 Å². The van der Waals surface area contributed by atoms with Crippen molar-refractivity contribution in [2.24, 2.45) is 11.8 Å². The Morgan fingerprint density at radius 2 is 1.58 bits per heavy atom. The third-order valence-electron chi connectivity index (χ3n) is 4.70. The van der Waals surface area contributed by atoms with Crippen molar-refractivity contribution in [2.45, 2.75) is 52.1 Å². The van der Waals surface area contributed by atoms with Crippen LogP contribution >= 0.6 is 0 Å². The summed E-state index contributed by atoms with van der Waals surface area (Å²) in [4.78, 5) is 5.17. The van der Waals surface area contributed by atoms with Gasteiger partial charge in [-0.1, -0.05) is 33.1 Å². The monoisotopic (exact) mass is 268 g/mol. The van der Waals surface area contributed by atoms with Gasteiger partial charge in [-0.3, -0.25) is 0 Å². The van der Waals surface area contributed by atoms with Gasteiger partial charge in [0.2, 0.25) is 0 Å². The van der Waals surface area contributed by atoms with E-state index in [-0.39, 0.29) is 6.10 Å². The average Bonchev–Trinajstić information content (AvgIpc) is 2.57. The normalized spacial score (nSPS) is 31.6. The molecule has 2 fully saturated rings. The van der Waals surface area contributed by atoms with Gasteiger partial charge in [-0.05, 0) is 24.7 Å². The molecule has 2 atom stereocenters. The minimum absolute atomic E-state index is 0.0452. The summed E-state index contributed by atoms with van der Waals surface area (Å²) in [6.45, 7) is 11.8. The zero-order valence-corrected chi connectivity index (χ0v) is 12.9. The summed E-state index contributed by atoms with van der Waals surface area (Å²) in [6.07, 6.45) is 6.06. The Bertz CT molecular complexity index is 249. The van der Waals surface area contributed by atoms with Gasteiger partial charge in [0, 0.05) is 39.3 Å². The summed E-state index contributed by atoms with van der Waals surface area (Å²) < 4.78 is 0. The van der Waals surface area contributed by atoms with Crippen molar-refractivity contribution in [1.82, 2.24) is 9.80 Å². The van der Waals surface area contributed by atoms with Gasteiger partial charge in [-0.15, -0.1) is 0 Å². The van der Waals surface area contributed by atoms with Crippen LogP contribution in [-0.2, 0) is 0 Å². The molecule has 1 N–H and O–H groups in total. The second kappa shape index (κ2) is 7.61. The molecule has 2 rings (SSSR count). The zero-order valence-electron chi connectivity index (χ0n) is 12.9. The molecule has 0 aromatic carbocycles. The van der Waals surface area contributed by atoms with E-state index in [2.05, 4.69) is 23.6 Å². The molecule has 1 saturated carbocycles. The molecule has 1 saturated heterocycles. The van der Waals surface area contributed by atoms with Crippen LogP contribution in [0, 0.1) is 11.8 Å². The van der Waals surface area contributed by atoms with Crippen LogP contribution in [0.3, 0.4) is 0 Å². The largest absolute Gasteiger partial charge is 0.393 e. The minimum Gasteiger partial charge on any atom is -0.393 e. The van der Waals surface area contributed by atoms with Gasteiger partial charge in [-0.25, -0.2) is 0 Å². The maximum atomic E-state index is 10.2. The van der Waals surface area contributed by atoms with E-state index in [0.717, 1.165) is 18.9 Å². The highest BCUT2D eigenvalue weighted by Crippen LogP contribution is 2.24. The molecule has 1 aliphatic carbocycles. The first-order valence-electron chi connectivity index (χ1n) is 8.28. The first-order valence-corrected chi connectivity index (χ1v) is 8.28. The van der Waals surface area contributed by atoms with Gasteiger partial charge in [0.15, 0.2) is 0 Å². The van der Waals surface area contributed by atoms with Gasteiger partial charge in [-0.2, -0.15) is 0 Å². The van der Waals surface area contributed by atoms with Crippen molar-refractivity contribution in [1.29, 1.82) is 0 Å². The molecule has 0 aromatic heterocycles. The van der Waals surface area contributed by atoms with Crippen LogP contribution in [0.25, 0.3) is 0 Å². The lowest BCUT2D eigenvalue weighted by molar-refractivity contribution is 0.0518. The lowest BCUT2D eigenvalue weighted by atomic mass is 9.96. The second-order valence-electron chi connectivity index (χ2n) is 6.96. The molecule has 3 heteroatoms. The Hall–Kier alpha value is -0.120. The molecule has 0 spiro atoms. The highest BCUT2D eigenvalue weighted by Gasteiger charge is 2.25. The molecule has 112 valence electrons. The number of nitrogens with zero attached hydrogens (tertiary/aromatic N) is 2. The summed E-state index contributed by atoms with van der Waals surface area (Å²) in [6, 6.07) is 0. The Balaban J connectivity index is 1.72. The maximum Gasteiger partial charge on any atom is 0.0580 e. The molecular formula is C16H32N2O. The Morgan fingerprint density at radius 1 is 0.947 bits per heavy atom. The highest BCUT2D eigenvalue weighted by molar-refractivity contribution is 4.79. The Kier molecular flexibility index (Phi) is 6.11. The number of hydrogen-bond acceptors (Lipinski definition) is 3. The molecule has 2 unspecified atom stereocenters. The quantitative estimate of drug-likeness (QED) is 0.792. The predicted molar refractivity (Wildman–Crippen MR) is 80.3 cm³/mol. The highest BCUT2D eigenvalue weighted by atomic mass is 16.3. The van der Waals surface area contributed by atoms with Crippen molar-refractivity contribution in [2.75, 3.05) is 39.3 Å². The van der Waals surface area contributed by atoms with E-state index < -0.39 is 0 Å². The fraction of sp³-hybridized carbons (Fsp3) is 1.00. The number of piperazine rings is 1. The molecular weight excluding hydrogens is 236 g/mol. The van der Waals surface area contributed by atoms with Gasteiger partial charge in [0.05, 0.1) is 6.10 Å². The van der Waals surface area contributed by atoms with E-state index in [1.165, 1.54) is 58.4 Å². The fourth-order valence-electron chi connectivity index (χ4n) is 3.58. The van der Waals surface area contributed by atoms with Crippen LogP contribution in [0.5, 0.6) is 0 Å². The van der Waals surface area contributed by atoms with Gasteiger partial charge < -0.3 is 14.9 Å². The van der Waals surface area contributed by atoms with Gasteiger partial charge in [0.1, 0.15) is 0 Å². The molecule has 19 heavy (non-hydrogen) atoms. The summed E-state index contributed by atoms with van der Waals surface area (Å²) in [5.74, 6) is 1.30. The standard InChI is InChI=1S/C16H32N2O/c1-14(2)12-17-8-10-18(11-9-17)13-15-6-4-3-5-7-16(15)19/h14-16,19H,3-13H2,1-2H3. The molecule has 3 nitrogen and oxygen atoms in total. The molecule has 0 radical (unpaired) electrons. The van der Waals surface area contributed by atoms with Crippen LogP contribution in [0.2, 0.25) is 0 Å². The van der Waals surface area contributed by atoms with Crippen LogP contribution in [0.15, 0.2) is 0 Å². The average molecular weight is 268 g/mol. The zero-order chi connectivity index (χ0) is 13.7. The number of rotatable bonds is 4. The number of hydrogen-bond donors (Lipinski definition) is 1. The first kappa shape index (κ1) is 15.3. The summed E-state index contributed by atoms with van der Waals surface area (Å²) in [5, 5.41) is 10.2. The smallest absolute Gasteiger partial charge is 0.0580 e. The molecule has 0 aromatic rings. The summed E-state index contributed by atoms with van der Waals surface area (Å²) >= 11 is 0. The number of aliphatic hydroxyl groups excluding tert-OH is 1. The molecule has 1 aliphatic heterocycles. The topological polar surface area (TPSA) is 26.7 Å². The van der Waals surface area contributed by atoms with Crippen LogP contribution < -0.4 is 0 Å². The van der Waals surface area contributed by atoms with Crippen LogP contribution in [-0.4, -0.2) is 60.3 Å². The Morgan fingerprint density at radius 3 is 2.26 bits per heavy atom. The van der Waals surface area contributed by atoms with Crippen molar-refractivity contribution >= 4 is 0 Å². The summed E-state index contributed by atoms with van der Waals surface area (Å²) in [7, 11) is 0. The minimum atomic E-state index is -0.0452. The third-order valence-corrected chi connectivity index (χ3v) is 4.70. The first-order chi connectivity index (χ1) is 9.15. The van der Waals surface area contributed by atoms with E-state index in [1.807, 2.05) is 0 Å². The summed E-state index contributed by atoms with van der Waals surface area (Å²) in [5.41, 5.74) is 0. The van der Waals surface area contributed by atoms with Crippen molar-refractivity contribution < 1.29 is 5.11 Å². The van der Waals surface area contributed by atoms with E-state index >= 15 is 0 Å². The third kappa shape index (κ3) is 5.05. The number of aliphatic hydroxyl groups is 1. The van der Waals surface area contributed by atoms with Crippen molar-refractivity contribution in [3.8, 4) is 0 Å². The fourth-order valence-corrected chi connectivity index (χ4v) is 3.58. The lowest BCUT2D eigenvalue weighted by Gasteiger charge is -2.37. The van der Waals surface area contributed by atoms with Gasteiger partial charge >= 0.3 is 0 Å². The SMILES string of the molecule is CC(C)CN1CCN(CC2CCCCCC2O)CC1. The second-order valence-corrected chi connectivity index (χ2v) is 6.96. The maximum absolute atomic E-state index is 10.2.